The minimum Gasteiger partial charge on any atom is -0.494 e. The Morgan fingerprint density at radius 1 is 0.900 bits per heavy atom. The summed E-state index contributed by atoms with van der Waals surface area (Å²) in [6.07, 6.45) is 1.88. The van der Waals surface area contributed by atoms with Gasteiger partial charge in [0.05, 0.1) is 24.4 Å². The molecule has 0 radical (unpaired) electrons. The van der Waals surface area contributed by atoms with E-state index in [0.29, 0.717) is 12.3 Å². The van der Waals surface area contributed by atoms with Crippen LogP contribution < -0.4 is 21.1 Å². The zero-order valence-corrected chi connectivity index (χ0v) is 16.6. The van der Waals surface area contributed by atoms with E-state index < -0.39 is 5.91 Å². The SMILES string of the molecule is NC(=O)c1ccccc1NC(=O)CNc1cccc(OCCCc2ccccc2)c1. The Balaban J connectivity index is 1.46. The van der Waals surface area contributed by atoms with Gasteiger partial charge in [-0.05, 0) is 42.7 Å². The maximum atomic E-state index is 12.2. The predicted molar refractivity (Wildman–Crippen MR) is 119 cm³/mol. The van der Waals surface area contributed by atoms with Crippen LogP contribution in [0.15, 0.2) is 78.9 Å². The monoisotopic (exact) mass is 403 g/mol. The van der Waals surface area contributed by atoms with Crippen LogP contribution in [0, 0.1) is 0 Å². The molecule has 30 heavy (non-hydrogen) atoms. The molecule has 0 heterocycles. The van der Waals surface area contributed by atoms with Crippen molar-refractivity contribution in [1.29, 1.82) is 0 Å². The molecule has 6 nitrogen and oxygen atoms in total. The highest BCUT2D eigenvalue weighted by Crippen LogP contribution is 2.18. The van der Waals surface area contributed by atoms with Gasteiger partial charge in [0.2, 0.25) is 5.91 Å². The van der Waals surface area contributed by atoms with Crippen LogP contribution in [0.4, 0.5) is 11.4 Å². The topological polar surface area (TPSA) is 93.5 Å². The molecule has 0 unspecified atom stereocenters. The van der Waals surface area contributed by atoms with Crippen molar-refractivity contribution in [3.05, 3.63) is 90.0 Å². The summed E-state index contributed by atoms with van der Waals surface area (Å²) in [5.41, 5.74) is 8.07. The largest absolute Gasteiger partial charge is 0.494 e. The highest BCUT2D eigenvalue weighted by atomic mass is 16.5. The molecule has 0 aliphatic carbocycles. The van der Waals surface area contributed by atoms with Crippen molar-refractivity contribution >= 4 is 23.2 Å². The van der Waals surface area contributed by atoms with Crippen LogP contribution in [0.2, 0.25) is 0 Å². The molecule has 0 spiro atoms. The molecule has 3 aromatic carbocycles. The van der Waals surface area contributed by atoms with E-state index in [1.54, 1.807) is 24.3 Å². The van der Waals surface area contributed by atoms with Gasteiger partial charge in [-0.3, -0.25) is 9.59 Å². The van der Waals surface area contributed by atoms with E-state index in [-0.39, 0.29) is 18.0 Å². The van der Waals surface area contributed by atoms with Crippen LogP contribution in [-0.2, 0) is 11.2 Å². The molecule has 0 bridgehead atoms. The molecule has 0 saturated carbocycles. The predicted octanol–water partition coefficient (Wildman–Crippen LogP) is 3.85. The molecule has 0 saturated heterocycles. The standard InChI is InChI=1S/C24H25N3O3/c25-24(29)21-13-4-5-14-22(21)27-23(28)17-26-19-11-6-12-20(16-19)30-15-7-10-18-8-2-1-3-9-18/h1-6,8-9,11-14,16,26H,7,10,15,17H2,(H2,25,29)(H,27,28). The molecule has 0 aliphatic rings. The number of nitrogens with one attached hydrogen (secondary N) is 2. The number of carbonyl (C=O) groups is 2. The number of para-hydroxylation sites is 1. The Morgan fingerprint density at radius 2 is 1.67 bits per heavy atom. The summed E-state index contributed by atoms with van der Waals surface area (Å²) in [6.45, 7) is 0.660. The summed E-state index contributed by atoms with van der Waals surface area (Å²) in [5, 5.41) is 5.76. The van der Waals surface area contributed by atoms with Crippen molar-refractivity contribution < 1.29 is 14.3 Å². The van der Waals surface area contributed by atoms with Gasteiger partial charge in [-0.1, -0.05) is 48.5 Å². The van der Waals surface area contributed by atoms with Crippen molar-refractivity contribution in [3.63, 3.8) is 0 Å². The number of rotatable bonds is 10. The normalized spacial score (nSPS) is 10.3. The second kappa shape index (κ2) is 10.7. The lowest BCUT2D eigenvalue weighted by molar-refractivity contribution is -0.114. The summed E-state index contributed by atoms with van der Waals surface area (Å²) < 4.78 is 5.82. The lowest BCUT2D eigenvalue weighted by Crippen LogP contribution is -2.24. The maximum Gasteiger partial charge on any atom is 0.250 e. The fourth-order valence-corrected chi connectivity index (χ4v) is 2.99. The van der Waals surface area contributed by atoms with Crippen molar-refractivity contribution in [1.82, 2.24) is 0 Å². The summed E-state index contributed by atoms with van der Waals surface area (Å²) in [5.74, 6) is -0.124. The number of anilines is 2. The Morgan fingerprint density at radius 3 is 2.47 bits per heavy atom. The van der Waals surface area contributed by atoms with E-state index in [0.717, 1.165) is 24.3 Å². The molecule has 0 aromatic heterocycles. The number of carbonyl (C=O) groups excluding carboxylic acids is 2. The lowest BCUT2D eigenvalue weighted by atomic mass is 10.1. The number of amides is 2. The first-order valence-electron chi connectivity index (χ1n) is 9.81. The number of hydrogen-bond donors (Lipinski definition) is 3. The van der Waals surface area contributed by atoms with Gasteiger partial charge in [-0.25, -0.2) is 0 Å². The number of aryl methyl sites for hydroxylation is 1. The van der Waals surface area contributed by atoms with Crippen LogP contribution in [0.5, 0.6) is 5.75 Å². The van der Waals surface area contributed by atoms with E-state index in [4.69, 9.17) is 10.5 Å². The Hall–Kier alpha value is -3.80. The van der Waals surface area contributed by atoms with Crippen LogP contribution in [-0.4, -0.2) is 25.0 Å². The number of primary amides is 1. The van der Waals surface area contributed by atoms with Gasteiger partial charge in [0.1, 0.15) is 5.75 Å². The maximum absolute atomic E-state index is 12.2. The molecule has 3 rings (SSSR count). The first-order valence-corrected chi connectivity index (χ1v) is 9.81. The number of hydrogen-bond acceptors (Lipinski definition) is 4. The zero-order chi connectivity index (χ0) is 21.2. The smallest absolute Gasteiger partial charge is 0.250 e. The third kappa shape index (κ3) is 6.38. The molecular formula is C24H25N3O3. The fourth-order valence-electron chi connectivity index (χ4n) is 2.99. The van der Waals surface area contributed by atoms with E-state index in [1.165, 1.54) is 5.56 Å². The molecule has 4 N–H and O–H groups in total. The molecule has 154 valence electrons. The van der Waals surface area contributed by atoms with Crippen molar-refractivity contribution in [2.45, 2.75) is 12.8 Å². The molecule has 6 heteroatoms. The number of ether oxygens (including phenoxy) is 1. The van der Waals surface area contributed by atoms with Crippen LogP contribution in [0.3, 0.4) is 0 Å². The van der Waals surface area contributed by atoms with Gasteiger partial charge in [0.25, 0.3) is 5.91 Å². The summed E-state index contributed by atoms with van der Waals surface area (Å²) in [7, 11) is 0. The van der Waals surface area contributed by atoms with E-state index >= 15 is 0 Å². The average Bonchev–Trinajstić information content (AvgIpc) is 2.77. The Kier molecular flexibility index (Phi) is 7.44. The molecular weight excluding hydrogens is 378 g/mol. The minimum absolute atomic E-state index is 0.0462. The Labute approximate surface area is 176 Å². The second-order valence-corrected chi connectivity index (χ2v) is 6.78. The van der Waals surface area contributed by atoms with Gasteiger partial charge >= 0.3 is 0 Å². The quantitative estimate of drug-likeness (QED) is 0.448. The summed E-state index contributed by atoms with van der Waals surface area (Å²) >= 11 is 0. The molecule has 3 aromatic rings. The number of nitrogens with two attached hydrogens (primary N) is 1. The molecule has 0 atom stereocenters. The highest BCUT2D eigenvalue weighted by Gasteiger charge is 2.10. The second-order valence-electron chi connectivity index (χ2n) is 6.78. The van der Waals surface area contributed by atoms with Gasteiger partial charge in [0, 0.05) is 11.8 Å². The third-order valence-electron chi connectivity index (χ3n) is 4.48. The van der Waals surface area contributed by atoms with Crippen molar-refractivity contribution in [2.24, 2.45) is 5.73 Å². The summed E-state index contributed by atoms with van der Waals surface area (Å²) in [4.78, 5) is 23.7. The lowest BCUT2D eigenvalue weighted by Gasteiger charge is -2.11. The van der Waals surface area contributed by atoms with Crippen LogP contribution >= 0.6 is 0 Å². The first kappa shape index (κ1) is 20.9. The average molecular weight is 403 g/mol. The Bertz CT molecular complexity index is 990. The zero-order valence-electron chi connectivity index (χ0n) is 16.6. The van der Waals surface area contributed by atoms with Gasteiger partial charge in [-0.15, -0.1) is 0 Å². The first-order chi connectivity index (χ1) is 14.6. The van der Waals surface area contributed by atoms with Crippen molar-refractivity contribution in [3.8, 4) is 5.75 Å². The van der Waals surface area contributed by atoms with E-state index in [2.05, 4.69) is 22.8 Å². The number of benzene rings is 3. The van der Waals surface area contributed by atoms with Gasteiger partial charge in [0.15, 0.2) is 0 Å². The van der Waals surface area contributed by atoms with Gasteiger partial charge < -0.3 is 21.1 Å². The van der Waals surface area contributed by atoms with Gasteiger partial charge in [-0.2, -0.15) is 0 Å². The molecule has 2 amide bonds. The van der Waals surface area contributed by atoms with Crippen LogP contribution in [0.1, 0.15) is 22.3 Å². The fraction of sp³-hybridized carbons (Fsp3) is 0.167. The highest BCUT2D eigenvalue weighted by molar-refractivity contribution is 6.03. The third-order valence-corrected chi connectivity index (χ3v) is 4.48. The summed E-state index contributed by atoms with van der Waals surface area (Å²) in [6, 6.07) is 24.4. The van der Waals surface area contributed by atoms with Crippen molar-refractivity contribution in [2.75, 3.05) is 23.8 Å². The van der Waals surface area contributed by atoms with E-state index in [1.807, 2.05) is 42.5 Å². The molecule has 0 fully saturated rings. The van der Waals surface area contributed by atoms with E-state index in [9.17, 15) is 9.59 Å². The minimum atomic E-state index is -0.587. The molecule has 0 aliphatic heterocycles. The van der Waals surface area contributed by atoms with Crippen LogP contribution in [0.25, 0.3) is 0 Å².